The maximum atomic E-state index is 2.46. The minimum Gasteiger partial charge on any atom is -0.0658 e. The number of hydrogen-bond acceptors (Lipinski definition) is 0. The predicted octanol–water partition coefficient (Wildman–Crippen LogP) is 4.69. The lowest BCUT2D eigenvalue weighted by molar-refractivity contribution is 0.842. The van der Waals surface area contributed by atoms with Crippen molar-refractivity contribution in [3.05, 3.63) is 0 Å². The van der Waals surface area contributed by atoms with Crippen molar-refractivity contribution in [2.24, 2.45) is 0 Å². The van der Waals surface area contributed by atoms with Crippen molar-refractivity contribution in [2.45, 2.75) is 77.6 Å². The Morgan fingerprint density at radius 2 is 0.929 bits per heavy atom. The fraction of sp³-hybridized carbons (Fsp3) is 1.00. The zero-order valence-electron chi connectivity index (χ0n) is 11.3. The quantitative estimate of drug-likeness (QED) is 0.599. The summed E-state index contributed by atoms with van der Waals surface area (Å²) in [6.07, 6.45) is 0. The smallest absolute Gasteiger partial charge is 0.0496 e. The van der Waals surface area contributed by atoms with E-state index in [1.54, 1.807) is 0 Å². The van der Waals surface area contributed by atoms with Crippen molar-refractivity contribution >= 4 is 16.6 Å². The highest BCUT2D eigenvalue weighted by Gasteiger charge is 2.42. The summed E-state index contributed by atoms with van der Waals surface area (Å²) in [5.41, 5.74) is 3.70. The summed E-state index contributed by atoms with van der Waals surface area (Å²) in [4.78, 5) is 0. The van der Waals surface area contributed by atoms with Gasteiger partial charge < -0.3 is 0 Å². The SMILES string of the molecule is CC(C)[Si][Si](C(C)C)(C(C)C)C(C)C. The maximum Gasteiger partial charge on any atom is 0.0496 e. The van der Waals surface area contributed by atoms with E-state index in [9.17, 15) is 0 Å². The first-order valence-corrected chi connectivity index (χ1v) is 10.3. The normalized spacial score (nSPS) is 13.7. The van der Waals surface area contributed by atoms with Crippen molar-refractivity contribution in [1.82, 2.24) is 0 Å². The Hall–Kier alpha value is 0.434. The molecule has 0 rings (SSSR count). The van der Waals surface area contributed by atoms with E-state index in [4.69, 9.17) is 0 Å². The Kier molecular flexibility index (Phi) is 5.67. The van der Waals surface area contributed by atoms with Crippen LogP contribution in [-0.2, 0) is 0 Å². The molecule has 0 nitrogen and oxygen atoms in total. The second kappa shape index (κ2) is 5.50. The molecule has 0 heterocycles. The van der Waals surface area contributed by atoms with Crippen molar-refractivity contribution in [1.29, 1.82) is 0 Å². The van der Waals surface area contributed by atoms with E-state index in [2.05, 4.69) is 55.4 Å². The Balaban J connectivity index is 4.95. The highest BCUT2D eigenvalue weighted by molar-refractivity contribution is 7.27. The minimum atomic E-state index is -1.06. The lowest BCUT2D eigenvalue weighted by Gasteiger charge is -2.44. The second-order valence-electron chi connectivity index (χ2n) is 5.70. The summed E-state index contributed by atoms with van der Waals surface area (Å²) >= 11 is 0. The molecular formula is C12H28Si2. The molecule has 84 valence electrons. The first kappa shape index (κ1) is 14.4. The molecule has 0 aliphatic rings. The average Bonchev–Trinajstić information content (AvgIpc) is 1.97. The van der Waals surface area contributed by atoms with Gasteiger partial charge in [-0.1, -0.05) is 77.6 Å². The van der Waals surface area contributed by atoms with Crippen molar-refractivity contribution in [2.75, 3.05) is 0 Å². The van der Waals surface area contributed by atoms with Crippen LogP contribution in [0.4, 0.5) is 0 Å². The first-order chi connectivity index (χ1) is 6.25. The minimum absolute atomic E-state index is 0.897. The fourth-order valence-electron chi connectivity index (χ4n) is 3.00. The predicted molar refractivity (Wildman–Crippen MR) is 71.9 cm³/mol. The topological polar surface area (TPSA) is 0 Å². The molecule has 0 bridgehead atoms. The van der Waals surface area contributed by atoms with Gasteiger partial charge in [-0.05, 0) is 0 Å². The molecule has 0 aromatic heterocycles. The number of rotatable bonds is 5. The Morgan fingerprint density at radius 3 is 1.00 bits per heavy atom. The van der Waals surface area contributed by atoms with Crippen LogP contribution in [-0.4, -0.2) is 16.6 Å². The van der Waals surface area contributed by atoms with Crippen molar-refractivity contribution < 1.29 is 0 Å². The average molecular weight is 229 g/mol. The van der Waals surface area contributed by atoms with Crippen molar-refractivity contribution in [3.63, 3.8) is 0 Å². The van der Waals surface area contributed by atoms with E-state index in [0.29, 0.717) is 0 Å². The Bertz CT molecular complexity index is 138. The van der Waals surface area contributed by atoms with Crippen LogP contribution in [0.25, 0.3) is 0 Å². The van der Waals surface area contributed by atoms with E-state index < -0.39 is 7.59 Å². The third kappa shape index (κ3) is 2.96. The van der Waals surface area contributed by atoms with Crippen LogP contribution in [0.5, 0.6) is 0 Å². The molecular weight excluding hydrogens is 200 g/mol. The molecule has 0 saturated heterocycles. The molecule has 0 spiro atoms. The van der Waals surface area contributed by atoms with Crippen molar-refractivity contribution in [3.8, 4) is 0 Å². The van der Waals surface area contributed by atoms with Gasteiger partial charge in [0.2, 0.25) is 0 Å². The van der Waals surface area contributed by atoms with E-state index in [-0.39, 0.29) is 0 Å². The molecule has 0 N–H and O–H groups in total. The highest BCUT2D eigenvalue weighted by Crippen LogP contribution is 2.41. The van der Waals surface area contributed by atoms with Gasteiger partial charge in [-0.25, -0.2) is 0 Å². The van der Waals surface area contributed by atoms with Gasteiger partial charge >= 0.3 is 0 Å². The van der Waals surface area contributed by atoms with E-state index >= 15 is 0 Å². The zero-order valence-corrected chi connectivity index (χ0v) is 13.3. The van der Waals surface area contributed by atoms with Crippen LogP contribution < -0.4 is 0 Å². The fourth-order valence-corrected chi connectivity index (χ4v) is 15.0. The molecule has 0 atom stereocenters. The van der Waals surface area contributed by atoms with Crippen LogP contribution in [0.15, 0.2) is 0 Å². The van der Waals surface area contributed by atoms with Gasteiger partial charge in [-0.2, -0.15) is 0 Å². The van der Waals surface area contributed by atoms with Crippen LogP contribution in [0, 0.1) is 0 Å². The van der Waals surface area contributed by atoms with Gasteiger partial charge in [0, 0.05) is 16.6 Å². The Morgan fingerprint density at radius 1 is 0.643 bits per heavy atom. The largest absolute Gasteiger partial charge is 0.0658 e. The maximum absolute atomic E-state index is 2.46. The van der Waals surface area contributed by atoms with Gasteiger partial charge in [0.15, 0.2) is 0 Å². The number of hydrogen-bond donors (Lipinski definition) is 0. The molecule has 0 aliphatic carbocycles. The van der Waals surface area contributed by atoms with E-state index in [1.807, 2.05) is 0 Å². The molecule has 2 radical (unpaired) electrons. The molecule has 0 aromatic rings. The lowest BCUT2D eigenvalue weighted by Crippen LogP contribution is -2.51. The molecule has 0 aliphatic heterocycles. The summed E-state index contributed by atoms with van der Waals surface area (Å²) in [6.45, 7) is 19.6. The monoisotopic (exact) mass is 228 g/mol. The van der Waals surface area contributed by atoms with Gasteiger partial charge in [-0.3, -0.25) is 0 Å². The van der Waals surface area contributed by atoms with Crippen LogP contribution in [0.3, 0.4) is 0 Å². The molecule has 14 heavy (non-hydrogen) atoms. The van der Waals surface area contributed by atoms with Crippen LogP contribution in [0.1, 0.15) is 55.4 Å². The van der Waals surface area contributed by atoms with Crippen LogP contribution >= 0.6 is 0 Å². The summed E-state index contributed by atoms with van der Waals surface area (Å²) < 4.78 is 0. The molecule has 2 heteroatoms. The lowest BCUT2D eigenvalue weighted by atomic mass is 10.5. The summed E-state index contributed by atoms with van der Waals surface area (Å²) in [5.74, 6) is 0. The summed E-state index contributed by atoms with van der Waals surface area (Å²) in [7, 11) is 0.167. The zero-order chi connectivity index (χ0) is 11.5. The van der Waals surface area contributed by atoms with E-state index in [0.717, 1.165) is 22.2 Å². The van der Waals surface area contributed by atoms with Gasteiger partial charge in [-0.15, -0.1) is 0 Å². The molecule has 0 amide bonds. The van der Waals surface area contributed by atoms with Crippen LogP contribution in [0.2, 0.25) is 22.2 Å². The standard InChI is InChI=1S/C12H28Si2/c1-9(2)13-14(10(3)4,11(5)6)12(7)8/h9-12H,1-8H3. The van der Waals surface area contributed by atoms with Gasteiger partial charge in [0.25, 0.3) is 0 Å². The third-order valence-corrected chi connectivity index (χ3v) is 18.6. The third-order valence-electron chi connectivity index (χ3n) is 3.40. The summed E-state index contributed by atoms with van der Waals surface area (Å²) in [6, 6.07) is 0. The Labute approximate surface area is 94.5 Å². The van der Waals surface area contributed by atoms with Gasteiger partial charge in [0.1, 0.15) is 0 Å². The molecule has 0 aromatic carbocycles. The van der Waals surface area contributed by atoms with E-state index in [1.165, 1.54) is 9.04 Å². The second-order valence-corrected chi connectivity index (χ2v) is 15.9. The molecule has 0 unspecified atom stereocenters. The first-order valence-electron chi connectivity index (χ1n) is 6.02. The molecule has 0 fully saturated rings. The van der Waals surface area contributed by atoms with Gasteiger partial charge in [0.05, 0.1) is 0 Å². The molecule has 0 saturated carbocycles. The highest BCUT2D eigenvalue weighted by atomic mass is 29.2. The summed E-state index contributed by atoms with van der Waals surface area (Å²) in [5, 5.41) is 0.